The standard InChI is InChI=1S/C14H11N3OS/c1-9-7-8-11-12(15-9)16-14(19-11)17-13(18)10-5-3-2-4-6-10/h2-8H,1H3,(H,15,16,17,18). The molecule has 0 aliphatic carbocycles. The lowest BCUT2D eigenvalue weighted by molar-refractivity contribution is 0.102. The predicted octanol–water partition coefficient (Wildman–Crippen LogP) is 3.25. The van der Waals surface area contributed by atoms with Crippen LogP contribution in [-0.2, 0) is 0 Å². The molecule has 4 nitrogen and oxygen atoms in total. The van der Waals surface area contributed by atoms with E-state index in [1.54, 1.807) is 12.1 Å². The van der Waals surface area contributed by atoms with E-state index >= 15 is 0 Å². The third-order valence-electron chi connectivity index (χ3n) is 2.65. The zero-order valence-corrected chi connectivity index (χ0v) is 11.1. The molecule has 3 rings (SSSR count). The molecular formula is C14H11N3OS. The summed E-state index contributed by atoms with van der Waals surface area (Å²) < 4.78 is 0.967. The summed E-state index contributed by atoms with van der Waals surface area (Å²) in [4.78, 5) is 20.6. The van der Waals surface area contributed by atoms with Crippen LogP contribution in [0.4, 0.5) is 5.13 Å². The van der Waals surface area contributed by atoms with Crippen LogP contribution in [0.5, 0.6) is 0 Å². The van der Waals surface area contributed by atoms with Crippen molar-refractivity contribution in [3.8, 4) is 0 Å². The minimum atomic E-state index is -0.156. The van der Waals surface area contributed by atoms with Crippen LogP contribution in [0.2, 0.25) is 0 Å². The minimum absolute atomic E-state index is 0.156. The molecule has 0 spiro atoms. The molecule has 0 unspecified atom stereocenters. The summed E-state index contributed by atoms with van der Waals surface area (Å²) in [6.45, 7) is 1.92. The van der Waals surface area contributed by atoms with Gasteiger partial charge in [0.2, 0.25) is 0 Å². The highest BCUT2D eigenvalue weighted by Crippen LogP contribution is 2.25. The average Bonchev–Trinajstić information content (AvgIpc) is 2.81. The molecule has 1 amide bonds. The lowest BCUT2D eigenvalue weighted by Gasteiger charge is -2.00. The number of fused-ring (bicyclic) bond motifs is 1. The van der Waals surface area contributed by atoms with Gasteiger partial charge in [-0.3, -0.25) is 10.1 Å². The maximum atomic E-state index is 12.0. The van der Waals surface area contributed by atoms with E-state index in [4.69, 9.17) is 0 Å². The summed E-state index contributed by atoms with van der Waals surface area (Å²) in [6.07, 6.45) is 0. The van der Waals surface area contributed by atoms with Gasteiger partial charge >= 0.3 is 0 Å². The molecule has 0 bridgehead atoms. The molecule has 0 aliphatic rings. The first-order valence-electron chi connectivity index (χ1n) is 5.83. The second-order valence-electron chi connectivity index (χ2n) is 4.11. The molecule has 3 aromatic rings. The number of pyridine rings is 1. The summed E-state index contributed by atoms with van der Waals surface area (Å²) in [5, 5.41) is 3.37. The number of rotatable bonds is 2. The van der Waals surface area contributed by atoms with E-state index in [1.165, 1.54) is 11.3 Å². The second-order valence-corrected chi connectivity index (χ2v) is 5.14. The molecule has 1 aromatic carbocycles. The Morgan fingerprint density at radius 2 is 1.89 bits per heavy atom. The monoisotopic (exact) mass is 269 g/mol. The van der Waals surface area contributed by atoms with Gasteiger partial charge in [0.15, 0.2) is 10.8 Å². The van der Waals surface area contributed by atoms with Crippen LogP contribution in [0, 0.1) is 6.92 Å². The highest BCUT2D eigenvalue weighted by Gasteiger charge is 2.09. The van der Waals surface area contributed by atoms with E-state index in [0.717, 1.165) is 10.4 Å². The highest BCUT2D eigenvalue weighted by atomic mass is 32.1. The van der Waals surface area contributed by atoms with Gasteiger partial charge in [-0.15, -0.1) is 0 Å². The van der Waals surface area contributed by atoms with Gasteiger partial charge in [0.25, 0.3) is 5.91 Å². The average molecular weight is 269 g/mol. The lowest BCUT2D eigenvalue weighted by Crippen LogP contribution is -2.11. The van der Waals surface area contributed by atoms with E-state index in [2.05, 4.69) is 15.3 Å². The molecule has 19 heavy (non-hydrogen) atoms. The second kappa shape index (κ2) is 4.78. The molecule has 0 radical (unpaired) electrons. The topological polar surface area (TPSA) is 54.9 Å². The van der Waals surface area contributed by atoms with Crippen LogP contribution in [0.15, 0.2) is 42.5 Å². The number of aromatic nitrogens is 2. The summed E-state index contributed by atoms with van der Waals surface area (Å²) >= 11 is 1.42. The number of benzene rings is 1. The number of carbonyl (C=O) groups excluding carboxylic acids is 1. The van der Waals surface area contributed by atoms with Gasteiger partial charge in [-0.25, -0.2) is 4.98 Å². The molecule has 0 saturated carbocycles. The normalized spacial score (nSPS) is 10.6. The van der Waals surface area contributed by atoms with Crippen LogP contribution in [0.3, 0.4) is 0 Å². The van der Waals surface area contributed by atoms with Crippen LogP contribution >= 0.6 is 11.3 Å². The number of hydrogen-bond acceptors (Lipinski definition) is 4. The Bertz CT molecular complexity index is 737. The van der Waals surface area contributed by atoms with Gasteiger partial charge < -0.3 is 0 Å². The Hall–Kier alpha value is -2.27. The van der Waals surface area contributed by atoms with Gasteiger partial charge in [0.05, 0.1) is 4.70 Å². The zero-order chi connectivity index (χ0) is 13.2. The maximum absolute atomic E-state index is 12.0. The van der Waals surface area contributed by atoms with Gasteiger partial charge in [0, 0.05) is 11.3 Å². The summed E-state index contributed by atoms with van der Waals surface area (Å²) in [5.74, 6) is -0.156. The molecule has 0 saturated heterocycles. The Balaban J connectivity index is 1.87. The highest BCUT2D eigenvalue weighted by molar-refractivity contribution is 7.22. The summed E-state index contributed by atoms with van der Waals surface area (Å²) in [5.41, 5.74) is 2.21. The van der Waals surface area contributed by atoms with Gasteiger partial charge in [0.1, 0.15) is 0 Å². The summed E-state index contributed by atoms with van der Waals surface area (Å²) in [6, 6.07) is 13.0. The number of carbonyl (C=O) groups is 1. The van der Waals surface area contributed by atoms with Crippen molar-refractivity contribution in [1.82, 2.24) is 9.97 Å². The zero-order valence-electron chi connectivity index (χ0n) is 10.3. The molecular weight excluding hydrogens is 258 g/mol. The largest absolute Gasteiger partial charge is 0.298 e. The molecule has 0 atom stereocenters. The molecule has 1 N–H and O–H groups in total. The van der Waals surface area contributed by atoms with Crippen molar-refractivity contribution in [3.05, 3.63) is 53.7 Å². The third kappa shape index (κ3) is 2.46. The molecule has 94 valence electrons. The quantitative estimate of drug-likeness (QED) is 0.777. The number of thiazole rings is 1. The number of amides is 1. The number of anilines is 1. The van der Waals surface area contributed by atoms with E-state index in [-0.39, 0.29) is 5.91 Å². The van der Waals surface area contributed by atoms with Crippen LogP contribution in [0.25, 0.3) is 10.3 Å². The first kappa shape index (κ1) is 11.8. The molecule has 0 fully saturated rings. The predicted molar refractivity (Wildman–Crippen MR) is 76.5 cm³/mol. The van der Waals surface area contributed by atoms with E-state index in [1.807, 2.05) is 37.3 Å². The van der Waals surface area contributed by atoms with Crippen molar-refractivity contribution in [2.24, 2.45) is 0 Å². The molecule has 2 heterocycles. The van der Waals surface area contributed by atoms with Crippen LogP contribution < -0.4 is 5.32 Å². The Morgan fingerprint density at radius 1 is 1.11 bits per heavy atom. The fourth-order valence-corrected chi connectivity index (χ4v) is 2.53. The van der Waals surface area contributed by atoms with Crippen molar-refractivity contribution in [2.75, 3.05) is 5.32 Å². The van der Waals surface area contributed by atoms with Crippen molar-refractivity contribution < 1.29 is 4.79 Å². The van der Waals surface area contributed by atoms with Crippen molar-refractivity contribution in [2.45, 2.75) is 6.92 Å². The van der Waals surface area contributed by atoms with E-state index < -0.39 is 0 Å². The molecule has 2 aromatic heterocycles. The maximum Gasteiger partial charge on any atom is 0.257 e. The van der Waals surface area contributed by atoms with Gasteiger partial charge in [-0.05, 0) is 31.2 Å². The minimum Gasteiger partial charge on any atom is -0.298 e. The number of aryl methyl sites for hydroxylation is 1. The number of hydrogen-bond donors (Lipinski definition) is 1. The number of nitrogens with one attached hydrogen (secondary N) is 1. The third-order valence-corrected chi connectivity index (χ3v) is 3.57. The smallest absolute Gasteiger partial charge is 0.257 e. The Morgan fingerprint density at radius 3 is 2.68 bits per heavy atom. The number of nitrogens with zero attached hydrogens (tertiary/aromatic N) is 2. The Labute approximate surface area is 114 Å². The van der Waals surface area contributed by atoms with Crippen molar-refractivity contribution in [3.63, 3.8) is 0 Å². The lowest BCUT2D eigenvalue weighted by atomic mass is 10.2. The van der Waals surface area contributed by atoms with E-state index in [9.17, 15) is 4.79 Å². The Kier molecular flexibility index (Phi) is 2.97. The first-order chi connectivity index (χ1) is 9.22. The summed E-state index contributed by atoms with van der Waals surface area (Å²) in [7, 11) is 0. The SMILES string of the molecule is Cc1ccc2sc(NC(=O)c3ccccc3)nc2n1. The van der Waals surface area contributed by atoms with Crippen molar-refractivity contribution >= 4 is 32.7 Å². The van der Waals surface area contributed by atoms with Crippen molar-refractivity contribution in [1.29, 1.82) is 0 Å². The molecule has 0 aliphatic heterocycles. The first-order valence-corrected chi connectivity index (χ1v) is 6.64. The van der Waals surface area contributed by atoms with Gasteiger partial charge in [-0.2, -0.15) is 4.98 Å². The van der Waals surface area contributed by atoms with E-state index in [0.29, 0.717) is 16.3 Å². The fourth-order valence-electron chi connectivity index (χ4n) is 1.73. The molecule has 5 heteroatoms. The van der Waals surface area contributed by atoms with Crippen LogP contribution in [-0.4, -0.2) is 15.9 Å². The fraction of sp³-hybridized carbons (Fsp3) is 0.0714. The van der Waals surface area contributed by atoms with Crippen LogP contribution in [0.1, 0.15) is 16.1 Å². The van der Waals surface area contributed by atoms with Gasteiger partial charge in [-0.1, -0.05) is 29.5 Å².